The van der Waals surface area contributed by atoms with Gasteiger partial charge in [-0.1, -0.05) is 24.3 Å². The maximum absolute atomic E-state index is 14.4. The van der Waals surface area contributed by atoms with Gasteiger partial charge in [0.1, 0.15) is 17.4 Å². The number of halogens is 2. The highest BCUT2D eigenvalue weighted by molar-refractivity contribution is 5.96. The largest absolute Gasteiger partial charge is 0.497 e. The summed E-state index contributed by atoms with van der Waals surface area (Å²) in [6.07, 6.45) is 0.611. The van der Waals surface area contributed by atoms with E-state index in [0.29, 0.717) is 13.0 Å². The summed E-state index contributed by atoms with van der Waals surface area (Å²) in [5, 5.41) is 1.03. The first kappa shape index (κ1) is 19.3. The van der Waals surface area contributed by atoms with Crippen LogP contribution in [0.3, 0.4) is 0 Å². The predicted octanol–water partition coefficient (Wildman–Crippen LogP) is 5.24. The molecule has 0 saturated heterocycles. The number of fused-ring (bicyclic) bond motifs is 3. The maximum Gasteiger partial charge on any atom is 0.257 e. The smallest absolute Gasteiger partial charge is 0.257 e. The van der Waals surface area contributed by atoms with Gasteiger partial charge in [-0.2, -0.15) is 0 Å². The molecule has 156 valence electrons. The number of benzene rings is 3. The highest BCUT2D eigenvalue weighted by Crippen LogP contribution is 2.40. The Hall–Kier alpha value is -3.67. The third kappa shape index (κ3) is 3.24. The zero-order valence-corrected chi connectivity index (χ0v) is 16.9. The summed E-state index contributed by atoms with van der Waals surface area (Å²) in [5.74, 6) is -0.558. The Labute approximate surface area is 178 Å². The van der Waals surface area contributed by atoms with Crippen molar-refractivity contribution in [3.8, 4) is 5.75 Å². The topological polar surface area (TPSA) is 45.3 Å². The molecule has 0 saturated carbocycles. The lowest BCUT2D eigenvalue weighted by Crippen LogP contribution is -2.41. The lowest BCUT2D eigenvalue weighted by atomic mass is 9.91. The third-order valence-corrected chi connectivity index (χ3v) is 5.88. The van der Waals surface area contributed by atoms with Crippen molar-refractivity contribution in [2.24, 2.45) is 0 Å². The molecule has 1 aliphatic rings. The van der Waals surface area contributed by atoms with Gasteiger partial charge in [-0.05, 0) is 60.0 Å². The number of hydrogen-bond acceptors (Lipinski definition) is 2. The zero-order valence-electron chi connectivity index (χ0n) is 16.9. The molecule has 6 heteroatoms. The van der Waals surface area contributed by atoms with E-state index >= 15 is 0 Å². The van der Waals surface area contributed by atoms with Crippen molar-refractivity contribution >= 4 is 16.8 Å². The Kier molecular flexibility index (Phi) is 4.70. The number of aromatic amines is 1. The summed E-state index contributed by atoms with van der Waals surface area (Å²) in [6.45, 7) is 0.409. The van der Waals surface area contributed by atoms with Crippen molar-refractivity contribution in [1.82, 2.24) is 9.88 Å². The first-order valence-electron chi connectivity index (χ1n) is 10.1. The summed E-state index contributed by atoms with van der Waals surface area (Å²) in [5.41, 5.74) is 3.64. The second-order valence-electron chi connectivity index (χ2n) is 7.61. The van der Waals surface area contributed by atoms with Gasteiger partial charge in [0.2, 0.25) is 0 Å². The molecule has 1 N–H and O–H groups in total. The fraction of sp³-hybridized carbons (Fsp3) is 0.160. The van der Waals surface area contributed by atoms with E-state index in [4.69, 9.17) is 4.74 Å². The molecule has 1 atom stereocenters. The summed E-state index contributed by atoms with van der Waals surface area (Å²) in [6, 6.07) is 17.4. The Morgan fingerprint density at radius 3 is 2.58 bits per heavy atom. The first-order chi connectivity index (χ1) is 15.1. The van der Waals surface area contributed by atoms with Crippen LogP contribution in [0.15, 0.2) is 66.7 Å². The predicted molar refractivity (Wildman–Crippen MR) is 114 cm³/mol. The van der Waals surface area contributed by atoms with Crippen molar-refractivity contribution < 1.29 is 18.3 Å². The number of nitrogens with zero attached hydrogens (tertiary/aromatic N) is 1. The van der Waals surface area contributed by atoms with Gasteiger partial charge in [-0.25, -0.2) is 8.78 Å². The molecule has 0 bridgehead atoms. The van der Waals surface area contributed by atoms with E-state index in [1.165, 1.54) is 24.3 Å². The van der Waals surface area contributed by atoms with Crippen LogP contribution in [0.2, 0.25) is 0 Å². The molecule has 4 nitrogen and oxygen atoms in total. The minimum atomic E-state index is -0.558. The van der Waals surface area contributed by atoms with Crippen LogP contribution in [0.4, 0.5) is 8.78 Å². The van der Waals surface area contributed by atoms with Crippen LogP contribution < -0.4 is 4.74 Å². The van der Waals surface area contributed by atoms with Crippen LogP contribution in [0, 0.1) is 11.6 Å². The number of H-pyrrole nitrogens is 1. The van der Waals surface area contributed by atoms with Gasteiger partial charge >= 0.3 is 0 Å². The quantitative estimate of drug-likeness (QED) is 0.494. The van der Waals surface area contributed by atoms with Gasteiger partial charge in [0.05, 0.1) is 18.7 Å². The number of methoxy groups -OCH3 is 1. The summed E-state index contributed by atoms with van der Waals surface area (Å²) in [7, 11) is 1.62. The van der Waals surface area contributed by atoms with E-state index < -0.39 is 17.8 Å². The van der Waals surface area contributed by atoms with E-state index in [0.717, 1.165) is 33.5 Å². The lowest BCUT2D eigenvalue weighted by Gasteiger charge is -2.36. The van der Waals surface area contributed by atoms with Crippen LogP contribution in [0.1, 0.15) is 33.2 Å². The number of carbonyl (C=O) groups is 1. The van der Waals surface area contributed by atoms with Gasteiger partial charge in [-0.3, -0.25) is 4.79 Å². The molecule has 1 aromatic heterocycles. The highest BCUT2D eigenvalue weighted by Gasteiger charge is 2.35. The standard InChI is InChI=1S/C25H20F2N2O2/c1-31-17-10-11-22-20(14-17)18-12-13-29(25(30)19-4-2-3-5-21(19)27)24(23(18)28-22)15-6-8-16(26)9-7-15/h2-11,14,24,28H,12-13H2,1H3/t24-/m1/s1. The third-order valence-electron chi connectivity index (χ3n) is 5.88. The number of nitrogens with one attached hydrogen (secondary N) is 1. The number of carbonyl (C=O) groups excluding carboxylic acids is 1. The number of aromatic nitrogens is 1. The van der Waals surface area contributed by atoms with Crippen molar-refractivity contribution in [2.75, 3.05) is 13.7 Å². The fourth-order valence-electron chi connectivity index (χ4n) is 4.39. The van der Waals surface area contributed by atoms with Gasteiger partial charge in [0.25, 0.3) is 5.91 Å². The molecule has 0 aliphatic carbocycles. The molecule has 31 heavy (non-hydrogen) atoms. The van der Waals surface area contributed by atoms with E-state index in [2.05, 4.69) is 4.98 Å². The SMILES string of the molecule is COc1ccc2[nH]c3c(c2c1)CCN(C(=O)c1ccccc1F)[C@@H]3c1ccc(F)cc1. The fourth-order valence-corrected chi connectivity index (χ4v) is 4.39. The highest BCUT2D eigenvalue weighted by atomic mass is 19.1. The van der Waals surface area contributed by atoms with E-state index in [1.54, 1.807) is 36.3 Å². The average molecular weight is 418 g/mol. The second kappa shape index (κ2) is 7.54. The Balaban J connectivity index is 1.67. The molecule has 1 amide bonds. The van der Waals surface area contributed by atoms with Gasteiger partial charge in [0, 0.05) is 23.1 Å². The first-order valence-corrected chi connectivity index (χ1v) is 10.1. The molecule has 3 aromatic carbocycles. The average Bonchev–Trinajstić information content (AvgIpc) is 3.17. The van der Waals surface area contributed by atoms with E-state index in [1.807, 2.05) is 18.2 Å². The number of amides is 1. The minimum absolute atomic E-state index is 0.0239. The van der Waals surface area contributed by atoms with Gasteiger partial charge in [0.15, 0.2) is 0 Å². The molecular formula is C25H20F2N2O2. The number of hydrogen-bond donors (Lipinski definition) is 1. The van der Waals surface area contributed by atoms with E-state index in [9.17, 15) is 13.6 Å². The van der Waals surface area contributed by atoms with Crippen molar-refractivity contribution in [3.05, 3.63) is 101 Å². The second-order valence-corrected chi connectivity index (χ2v) is 7.61. The van der Waals surface area contributed by atoms with Crippen LogP contribution >= 0.6 is 0 Å². The molecule has 0 spiro atoms. The van der Waals surface area contributed by atoms with Crippen LogP contribution in [-0.4, -0.2) is 29.4 Å². The normalized spacial score (nSPS) is 15.7. The van der Waals surface area contributed by atoms with E-state index in [-0.39, 0.29) is 11.4 Å². The minimum Gasteiger partial charge on any atom is -0.497 e. The Morgan fingerprint density at radius 1 is 1.06 bits per heavy atom. The van der Waals surface area contributed by atoms with Crippen molar-refractivity contribution in [3.63, 3.8) is 0 Å². The molecule has 0 unspecified atom stereocenters. The van der Waals surface area contributed by atoms with Crippen LogP contribution in [-0.2, 0) is 6.42 Å². The summed E-state index contributed by atoms with van der Waals surface area (Å²) in [4.78, 5) is 18.5. The molecule has 5 rings (SSSR count). The summed E-state index contributed by atoms with van der Waals surface area (Å²) < 4.78 is 33.4. The molecule has 0 fully saturated rings. The van der Waals surface area contributed by atoms with Crippen molar-refractivity contribution in [2.45, 2.75) is 12.5 Å². The lowest BCUT2D eigenvalue weighted by molar-refractivity contribution is 0.0687. The molecular weight excluding hydrogens is 398 g/mol. The van der Waals surface area contributed by atoms with Crippen LogP contribution in [0.25, 0.3) is 10.9 Å². The number of rotatable bonds is 3. The zero-order chi connectivity index (χ0) is 21.5. The number of ether oxygens (including phenoxy) is 1. The molecule has 4 aromatic rings. The molecule has 0 radical (unpaired) electrons. The molecule has 2 heterocycles. The monoisotopic (exact) mass is 418 g/mol. The van der Waals surface area contributed by atoms with Gasteiger partial charge < -0.3 is 14.6 Å². The Morgan fingerprint density at radius 2 is 1.84 bits per heavy atom. The maximum atomic E-state index is 14.4. The van der Waals surface area contributed by atoms with Crippen molar-refractivity contribution in [1.29, 1.82) is 0 Å². The Bertz CT molecular complexity index is 1280. The van der Waals surface area contributed by atoms with Crippen LogP contribution in [0.5, 0.6) is 5.75 Å². The van der Waals surface area contributed by atoms with Gasteiger partial charge in [-0.15, -0.1) is 0 Å². The molecule has 1 aliphatic heterocycles. The summed E-state index contributed by atoms with van der Waals surface area (Å²) >= 11 is 0.